The normalized spacial score (nSPS) is 28.9. The summed E-state index contributed by atoms with van der Waals surface area (Å²) < 4.78 is 11.2. The number of fused-ring (bicyclic) bond motifs is 1. The third kappa shape index (κ3) is 5.28. The molecule has 2 saturated heterocycles. The third-order valence-electron chi connectivity index (χ3n) is 8.20. The van der Waals surface area contributed by atoms with Crippen molar-refractivity contribution >= 4 is 11.6 Å². The first kappa shape index (κ1) is 22.1. The molecule has 1 aromatic rings. The lowest BCUT2D eigenvalue weighted by molar-refractivity contribution is -0.128. The van der Waals surface area contributed by atoms with Crippen molar-refractivity contribution in [1.29, 1.82) is 0 Å². The molecule has 0 aromatic carbocycles. The second-order valence-electron chi connectivity index (χ2n) is 10.3. The molecule has 0 radical (unpaired) electrons. The highest BCUT2D eigenvalue weighted by Gasteiger charge is 2.29. The van der Waals surface area contributed by atoms with Crippen molar-refractivity contribution in [2.45, 2.75) is 57.8 Å². The maximum atomic E-state index is 12.6. The molecule has 3 aliphatic heterocycles. The molecule has 3 fully saturated rings. The maximum absolute atomic E-state index is 12.6. The van der Waals surface area contributed by atoms with E-state index in [1.54, 1.807) is 0 Å². The van der Waals surface area contributed by atoms with Crippen molar-refractivity contribution in [3.05, 3.63) is 17.8 Å². The van der Waals surface area contributed by atoms with Gasteiger partial charge in [-0.05, 0) is 56.6 Å². The molecule has 1 aliphatic carbocycles. The number of pyridine rings is 1. The van der Waals surface area contributed by atoms with Crippen LogP contribution in [0.5, 0.6) is 5.75 Å². The van der Waals surface area contributed by atoms with Gasteiger partial charge in [0.1, 0.15) is 17.4 Å². The second kappa shape index (κ2) is 10.5. The van der Waals surface area contributed by atoms with Gasteiger partial charge in [-0.25, -0.2) is 4.98 Å². The summed E-state index contributed by atoms with van der Waals surface area (Å²) in [6, 6.07) is 2.00. The topological polar surface area (TPSA) is 54.9 Å². The van der Waals surface area contributed by atoms with Crippen LogP contribution in [0.2, 0.25) is 0 Å². The number of nitrogens with zero attached hydrogens (tertiary/aromatic N) is 3. The predicted molar refractivity (Wildman–Crippen MR) is 125 cm³/mol. The fourth-order valence-corrected chi connectivity index (χ4v) is 6.09. The number of rotatable bonds is 7. The Morgan fingerprint density at radius 1 is 1.03 bits per heavy atom. The SMILES string of the molecule is O=C(CC1CCC(CCN2CCN(c3nccc4c3CCO4)CC2)CC1)C1CCCOC1. The van der Waals surface area contributed by atoms with Crippen LogP contribution in [0.15, 0.2) is 12.3 Å². The molecule has 1 aromatic heterocycles. The van der Waals surface area contributed by atoms with E-state index >= 15 is 0 Å². The van der Waals surface area contributed by atoms with Gasteiger partial charge in [0.15, 0.2) is 0 Å². The number of ketones is 1. The van der Waals surface area contributed by atoms with Crippen molar-refractivity contribution in [3.63, 3.8) is 0 Å². The van der Waals surface area contributed by atoms with E-state index in [-0.39, 0.29) is 5.92 Å². The fourth-order valence-electron chi connectivity index (χ4n) is 6.09. The van der Waals surface area contributed by atoms with Gasteiger partial charge < -0.3 is 14.4 Å². The van der Waals surface area contributed by atoms with Gasteiger partial charge in [-0.15, -0.1) is 0 Å². The van der Waals surface area contributed by atoms with Gasteiger partial charge in [-0.1, -0.05) is 12.8 Å². The van der Waals surface area contributed by atoms with Crippen LogP contribution in [0.3, 0.4) is 0 Å². The van der Waals surface area contributed by atoms with E-state index in [1.807, 2.05) is 12.3 Å². The number of aromatic nitrogens is 1. The number of carbonyl (C=O) groups excluding carboxylic acids is 1. The Morgan fingerprint density at radius 2 is 1.84 bits per heavy atom. The van der Waals surface area contributed by atoms with Crippen molar-refractivity contribution in [1.82, 2.24) is 9.88 Å². The largest absolute Gasteiger partial charge is 0.493 e. The van der Waals surface area contributed by atoms with Crippen LogP contribution in [0.1, 0.15) is 56.9 Å². The first-order valence-corrected chi connectivity index (χ1v) is 12.9. The molecule has 0 spiro atoms. The van der Waals surface area contributed by atoms with Crippen LogP contribution in [0.4, 0.5) is 5.82 Å². The summed E-state index contributed by atoms with van der Waals surface area (Å²) in [6.45, 7) is 7.87. The fraction of sp³-hybridized carbons (Fsp3) is 0.769. The van der Waals surface area contributed by atoms with Crippen LogP contribution < -0.4 is 9.64 Å². The van der Waals surface area contributed by atoms with E-state index in [9.17, 15) is 4.79 Å². The van der Waals surface area contributed by atoms with E-state index in [0.717, 1.165) is 82.6 Å². The first-order chi connectivity index (χ1) is 15.8. The summed E-state index contributed by atoms with van der Waals surface area (Å²) in [4.78, 5) is 22.3. The highest BCUT2D eigenvalue weighted by atomic mass is 16.5. The number of piperazine rings is 1. The Labute approximate surface area is 192 Å². The van der Waals surface area contributed by atoms with Gasteiger partial charge in [-0.2, -0.15) is 0 Å². The molecule has 0 N–H and O–H groups in total. The molecule has 0 bridgehead atoms. The number of hydrogen-bond acceptors (Lipinski definition) is 6. The zero-order valence-corrected chi connectivity index (χ0v) is 19.5. The van der Waals surface area contributed by atoms with Gasteiger partial charge in [0, 0.05) is 63.3 Å². The van der Waals surface area contributed by atoms with Crippen molar-refractivity contribution in [2.75, 3.05) is 57.4 Å². The minimum absolute atomic E-state index is 0.180. The molecule has 176 valence electrons. The minimum atomic E-state index is 0.180. The molecule has 32 heavy (non-hydrogen) atoms. The van der Waals surface area contributed by atoms with Gasteiger partial charge in [0.05, 0.1) is 13.2 Å². The van der Waals surface area contributed by atoms with Crippen LogP contribution in [-0.2, 0) is 16.0 Å². The van der Waals surface area contributed by atoms with Gasteiger partial charge in [-0.3, -0.25) is 9.69 Å². The monoisotopic (exact) mass is 441 g/mol. The van der Waals surface area contributed by atoms with Crippen LogP contribution in [0.25, 0.3) is 0 Å². The van der Waals surface area contributed by atoms with Crippen molar-refractivity contribution in [2.24, 2.45) is 17.8 Å². The molecule has 5 rings (SSSR count). The molecule has 1 saturated carbocycles. The van der Waals surface area contributed by atoms with E-state index in [4.69, 9.17) is 9.47 Å². The van der Waals surface area contributed by atoms with Crippen LogP contribution in [-0.4, -0.2) is 68.2 Å². The molecule has 4 heterocycles. The minimum Gasteiger partial charge on any atom is -0.493 e. The Morgan fingerprint density at radius 3 is 2.62 bits per heavy atom. The molecule has 0 amide bonds. The number of anilines is 1. The molecular formula is C26H39N3O3. The lowest BCUT2D eigenvalue weighted by atomic mass is 9.77. The summed E-state index contributed by atoms with van der Waals surface area (Å²) in [7, 11) is 0. The number of carbonyl (C=O) groups is 1. The van der Waals surface area contributed by atoms with Crippen LogP contribution >= 0.6 is 0 Å². The zero-order valence-electron chi connectivity index (χ0n) is 19.5. The lowest BCUT2D eigenvalue weighted by Crippen LogP contribution is -2.47. The highest BCUT2D eigenvalue weighted by Crippen LogP contribution is 2.35. The Balaban J connectivity index is 1.00. The van der Waals surface area contributed by atoms with Crippen molar-refractivity contribution in [3.8, 4) is 5.75 Å². The number of Topliss-reactive ketones (excluding diaryl/α,β-unsaturated/α-hetero) is 1. The lowest BCUT2D eigenvalue weighted by Gasteiger charge is -2.37. The predicted octanol–water partition coefficient (Wildman–Crippen LogP) is 3.72. The van der Waals surface area contributed by atoms with E-state index < -0.39 is 0 Å². The summed E-state index contributed by atoms with van der Waals surface area (Å²) in [5.41, 5.74) is 1.30. The molecule has 4 aliphatic rings. The summed E-state index contributed by atoms with van der Waals surface area (Å²) in [5, 5.41) is 0. The Kier molecular flexibility index (Phi) is 7.28. The Hall–Kier alpha value is -1.66. The van der Waals surface area contributed by atoms with Gasteiger partial charge >= 0.3 is 0 Å². The maximum Gasteiger partial charge on any atom is 0.138 e. The van der Waals surface area contributed by atoms with E-state index in [2.05, 4.69) is 14.8 Å². The zero-order chi connectivity index (χ0) is 21.8. The Bertz CT molecular complexity index is 764. The first-order valence-electron chi connectivity index (χ1n) is 12.9. The van der Waals surface area contributed by atoms with Crippen molar-refractivity contribution < 1.29 is 14.3 Å². The summed E-state index contributed by atoms with van der Waals surface area (Å²) in [5.74, 6) is 4.28. The highest BCUT2D eigenvalue weighted by molar-refractivity contribution is 5.81. The van der Waals surface area contributed by atoms with E-state index in [0.29, 0.717) is 18.3 Å². The average molecular weight is 442 g/mol. The average Bonchev–Trinajstić information content (AvgIpc) is 3.34. The molecule has 6 nitrogen and oxygen atoms in total. The standard InChI is InChI=1S/C26H39N3O3/c30-24(22-2-1-16-31-19-22)18-21-5-3-20(4-6-21)8-11-28-12-14-29(15-13-28)26-23-9-17-32-25(23)7-10-27-26/h7,10,20-22H,1-6,8-9,11-19H2. The number of hydrogen-bond donors (Lipinski definition) is 0. The third-order valence-corrected chi connectivity index (χ3v) is 8.20. The summed E-state index contributed by atoms with van der Waals surface area (Å²) >= 11 is 0. The summed E-state index contributed by atoms with van der Waals surface area (Å²) in [6.07, 6.45) is 12.2. The van der Waals surface area contributed by atoms with E-state index in [1.165, 1.54) is 44.2 Å². The van der Waals surface area contributed by atoms with Crippen LogP contribution in [0, 0.1) is 17.8 Å². The quantitative estimate of drug-likeness (QED) is 0.643. The molecule has 1 unspecified atom stereocenters. The number of ether oxygens (including phenoxy) is 2. The van der Waals surface area contributed by atoms with Gasteiger partial charge in [0.25, 0.3) is 0 Å². The second-order valence-corrected chi connectivity index (χ2v) is 10.3. The smallest absolute Gasteiger partial charge is 0.138 e. The molecular weight excluding hydrogens is 402 g/mol. The molecule has 6 heteroatoms. The molecule has 1 atom stereocenters. The van der Waals surface area contributed by atoms with Gasteiger partial charge in [0.2, 0.25) is 0 Å².